The van der Waals surface area contributed by atoms with Crippen LogP contribution in [-0.4, -0.2) is 21.8 Å². The highest BCUT2D eigenvalue weighted by Crippen LogP contribution is 2.34. The fraction of sp³-hybridized carbons (Fsp3) is 0.571. The van der Waals surface area contributed by atoms with Crippen molar-refractivity contribution in [3.05, 3.63) is 35.4 Å². The summed E-state index contributed by atoms with van der Waals surface area (Å²) in [5.74, 6) is 1.26. The molecule has 0 aliphatic carbocycles. The first-order valence-corrected chi connectivity index (χ1v) is 8.14. The van der Waals surface area contributed by atoms with Crippen LogP contribution in [0, 0.1) is 0 Å². The van der Waals surface area contributed by atoms with Crippen LogP contribution in [0.3, 0.4) is 0 Å². The maximum atomic E-state index is 13.0. The molecule has 0 amide bonds. The molecule has 0 radical (unpaired) electrons. The molecule has 1 heterocycles. The Morgan fingerprint density at radius 3 is 2.45 bits per heavy atom. The second kappa shape index (κ2) is 6.26. The lowest BCUT2D eigenvalue weighted by Gasteiger charge is -2.28. The molecule has 1 aromatic carbocycles. The molecule has 6 heteroatoms. The molecule has 1 aromatic rings. The third-order valence-electron chi connectivity index (χ3n) is 3.61. The molecule has 1 aliphatic heterocycles. The van der Waals surface area contributed by atoms with Crippen molar-refractivity contribution in [3.63, 3.8) is 0 Å². The van der Waals surface area contributed by atoms with E-state index in [9.17, 15) is 17.4 Å². The topological polar surface area (TPSA) is 29.1 Å². The molecule has 1 unspecified atom stereocenters. The van der Waals surface area contributed by atoms with Crippen LogP contribution in [0.5, 0.6) is 0 Å². The van der Waals surface area contributed by atoms with Gasteiger partial charge in [0.25, 0.3) is 0 Å². The normalized spacial score (nSPS) is 25.4. The number of alkyl halides is 3. The van der Waals surface area contributed by atoms with Gasteiger partial charge >= 0.3 is 6.18 Å². The third-order valence-corrected chi connectivity index (χ3v) is 4.99. The molecule has 0 bridgehead atoms. The van der Waals surface area contributed by atoms with Crippen molar-refractivity contribution in [1.82, 2.24) is 5.32 Å². The fourth-order valence-corrected chi connectivity index (χ4v) is 3.84. The minimum Gasteiger partial charge on any atom is -0.307 e. The maximum absolute atomic E-state index is 13.0. The molecule has 20 heavy (non-hydrogen) atoms. The van der Waals surface area contributed by atoms with E-state index in [0.29, 0.717) is 11.5 Å². The van der Waals surface area contributed by atoms with Crippen LogP contribution in [0.1, 0.15) is 36.9 Å². The highest BCUT2D eigenvalue weighted by molar-refractivity contribution is 7.85. The van der Waals surface area contributed by atoms with E-state index in [1.807, 2.05) is 0 Å². The quantitative estimate of drug-likeness (QED) is 0.928. The van der Waals surface area contributed by atoms with Crippen molar-refractivity contribution < 1.29 is 17.4 Å². The van der Waals surface area contributed by atoms with E-state index in [1.165, 1.54) is 12.1 Å². The number of hydrogen-bond acceptors (Lipinski definition) is 2. The van der Waals surface area contributed by atoms with Gasteiger partial charge in [-0.25, -0.2) is 0 Å². The number of hydrogen-bond donors (Lipinski definition) is 1. The van der Waals surface area contributed by atoms with E-state index < -0.39 is 22.5 Å². The number of nitrogens with one attached hydrogen (secondary N) is 1. The van der Waals surface area contributed by atoms with Gasteiger partial charge in [-0.1, -0.05) is 18.2 Å². The molecule has 0 spiro atoms. The van der Waals surface area contributed by atoms with Crippen molar-refractivity contribution in [1.29, 1.82) is 0 Å². The average Bonchev–Trinajstić information content (AvgIpc) is 2.40. The van der Waals surface area contributed by atoms with Crippen LogP contribution in [0.15, 0.2) is 24.3 Å². The van der Waals surface area contributed by atoms with Crippen LogP contribution in [0.4, 0.5) is 13.2 Å². The van der Waals surface area contributed by atoms with Gasteiger partial charge in [-0.2, -0.15) is 13.2 Å². The lowest BCUT2D eigenvalue weighted by Crippen LogP contribution is -2.37. The zero-order valence-electron chi connectivity index (χ0n) is 11.2. The van der Waals surface area contributed by atoms with E-state index in [-0.39, 0.29) is 17.6 Å². The predicted molar refractivity (Wildman–Crippen MR) is 73.9 cm³/mol. The summed E-state index contributed by atoms with van der Waals surface area (Å²) in [6.45, 7) is 1.75. The standard InChI is InChI=1S/C14H18F3NOS/c1-10(18-11-6-8-20(19)9-7-11)12-4-2-3-5-13(12)14(15,16)17/h2-5,10-11,18H,6-9H2,1H3. The molecular formula is C14H18F3NOS. The first kappa shape index (κ1) is 15.5. The number of benzene rings is 1. The van der Waals surface area contributed by atoms with Gasteiger partial charge in [-0.3, -0.25) is 4.21 Å². The first-order valence-electron chi connectivity index (χ1n) is 6.65. The second-order valence-corrected chi connectivity index (χ2v) is 6.79. The average molecular weight is 305 g/mol. The Kier molecular flexibility index (Phi) is 4.86. The molecule has 2 nitrogen and oxygen atoms in total. The van der Waals surface area contributed by atoms with Gasteiger partial charge in [0.1, 0.15) is 0 Å². The second-order valence-electron chi connectivity index (χ2n) is 5.10. The molecule has 0 aromatic heterocycles. The molecule has 1 saturated heterocycles. The van der Waals surface area contributed by atoms with Gasteiger partial charge in [-0.15, -0.1) is 0 Å². The van der Waals surface area contributed by atoms with Crippen molar-refractivity contribution in [2.75, 3.05) is 11.5 Å². The van der Waals surface area contributed by atoms with E-state index in [2.05, 4.69) is 5.32 Å². The zero-order valence-corrected chi connectivity index (χ0v) is 12.1. The predicted octanol–water partition coefficient (Wildman–Crippen LogP) is 3.27. The molecule has 112 valence electrons. The number of rotatable bonds is 3. The first-order chi connectivity index (χ1) is 9.38. The Morgan fingerprint density at radius 1 is 1.25 bits per heavy atom. The molecule has 0 saturated carbocycles. The fourth-order valence-electron chi connectivity index (χ4n) is 2.54. The van der Waals surface area contributed by atoms with E-state index >= 15 is 0 Å². The third kappa shape index (κ3) is 3.82. The highest BCUT2D eigenvalue weighted by Gasteiger charge is 2.34. The summed E-state index contributed by atoms with van der Waals surface area (Å²) in [5.41, 5.74) is -0.314. The summed E-state index contributed by atoms with van der Waals surface area (Å²) in [7, 11) is -0.759. The van der Waals surface area contributed by atoms with Crippen LogP contribution in [0.2, 0.25) is 0 Å². The summed E-state index contributed by atoms with van der Waals surface area (Å²) >= 11 is 0. The number of halogens is 3. The molecule has 1 aliphatic rings. The van der Waals surface area contributed by atoms with Crippen molar-refractivity contribution >= 4 is 10.8 Å². The summed E-state index contributed by atoms with van der Waals surface area (Å²) in [4.78, 5) is 0. The van der Waals surface area contributed by atoms with E-state index in [0.717, 1.165) is 18.9 Å². The van der Waals surface area contributed by atoms with Gasteiger partial charge in [0.2, 0.25) is 0 Å². The van der Waals surface area contributed by atoms with E-state index in [1.54, 1.807) is 13.0 Å². The van der Waals surface area contributed by atoms with Gasteiger partial charge in [-0.05, 0) is 31.4 Å². The largest absolute Gasteiger partial charge is 0.416 e. The molecule has 1 fully saturated rings. The Balaban J connectivity index is 2.09. The Labute approximate surface area is 119 Å². The lowest BCUT2D eigenvalue weighted by molar-refractivity contribution is -0.138. The monoisotopic (exact) mass is 305 g/mol. The SMILES string of the molecule is CC(NC1CCS(=O)CC1)c1ccccc1C(F)(F)F. The van der Waals surface area contributed by atoms with E-state index in [4.69, 9.17) is 0 Å². The van der Waals surface area contributed by atoms with Crippen molar-refractivity contribution in [3.8, 4) is 0 Å². The van der Waals surface area contributed by atoms with Crippen LogP contribution >= 0.6 is 0 Å². The summed E-state index contributed by atoms with van der Waals surface area (Å²) in [6.07, 6.45) is -2.82. The van der Waals surface area contributed by atoms with Gasteiger partial charge in [0.05, 0.1) is 5.56 Å². The minimum absolute atomic E-state index is 0.143. The summed E-state index contributed by atoms with van der Waals surface area (Å²) in [5, 5.41) is 3.23. The van der Waals surface area contributed by atoms with Crippen LogP contribution in [-0.2, 0) is 17.0 Å². The maximum Gasteiger partial charge on any atom is 0.416 e. The zero-order chi connectivity index (χ0) is 14.8. The van der Waals surface area contributed by atoms with Crippen LogP contribution in [0.25, 0.3) is 0 Å². The summed E-state index contributed by atoms with van der Waals surface area (Å²) in [6, 6.07) is 5.43. The Morgan fingerprint density at radius 2 is 1.85 bits per heavy atom. The van der Waals surface area contributed by atoms with Crippen molar-refractivity contribution in [2.24, 2.45) is 0 Å². The van der Waals surface area contributed by atoms with Crippen molar-refractivity contribution in [2.45, 2.75) is 38.0 Å². The van der Waals surface area contributed by atoms with Gasteiger partial charge in [0, 0.05) is 34.4 Å². The van der Waals surface area contributed by atoms with Crippen LogP contribution < -0.4 is 5.32 Å². The molecule has 1 N–H and O–H groups in total. The smallest absolute Gasteiger partial charge is 0.307 e. The summed E-state index contributed by atoms with van der Waals surface area (Å²) < 4.78 is 50.2. The molecule has 1 atom stereocenters. The van der Waals surface area contributed by atoms with Gasteiger partial charge < -0.3 is 5.32 Å². The van der Waals surface area contributed by atoms with Gasteiger partial charge in [0.15, 0.2) is 0 Å². The Hall–Kier alpha value is -0.880. The molecular weight excluding hydrogens is 287 g/mol. The minimum atomic E-state index is -4.33. The molecule has 2 rings (SSSR count). The Bertz CT molecular complexity index is 480. The highest BCUT2D eigenvalue weighted by atomic mass is 32.2. The lowest BCUT2D eigenvalue weighted by atomic mass is 9.99.